The molecule has 2 N–H and O–H groups in total. The molecule has 0 radical (unpaired) electrons. The van der Waals surface area contributed by atoms with Crippen LogP contribution in [0.25, 0.3) is 11.3 Å². The van der Waals surface area contributed by atoms with E-state index in [1.54, 1.807) is 6.20 Å². The third-order valence-electron chi connectivity index (χ3n) is 5.55. The van der Waals surface area contributed by atoms with Gasteiger partial charge in [0.1, 0.15) is 11.5 Å². The van der Waals surface area contributed by atoms with Crippen LogP contribution in [0.4, 0.5) is 18.9 Å². The maximum atomic E-state index is 14.3. The molecule has 1 saturated heterocycles. The van der Waals surface area contributed by atoms with E-state index in [1.165, 1.54) is 12.1 Å². The van der Waals surface area contributed by atoms with E-state index in [9.17, 15) is 13.2 Å². The van der Waals surface area contributed by atoms with Gasteiger partial charge in [-0.15, -0.1) is 0 Å². The lowest BCUT2D eigenvalue weighted by Crippen LogP contribution is -2.46. The molecule has 1 aliphatic rings. The monoisotopic (exact) mass is 427 g/mol. The van der Waals surface area contributed by atoms with Gasteiger partial charge in [0.05, 0.1) is 18.0 Å². The first-order chi connectivity index (χ1) is 14.9. The Bertz CT molecular complexity index is 1040. The fraction of sp³-hybridized carbons (Fsp3) is 0.348. The van der Waals surface area contributed by atoms with Gasteiger partial charge < -0.3 is 10.6 Å². The molecule has 8 heteroatoms. The molecule has 4 rings (SSSR count). The molecular weight excluding hydrogens is 403 g/mol. The minimum Gasteiger partial charge on any atom is -0.369 e. The topological polar surface area (TPSA) is 67.9 Å². The van der Waals surface area contributed by atoms with Crippen molar-refractivity contribution in [3.05, 3.63) is 71.7 Å². The average molecular weight is 427 g/mol. The summed E-state index contributed by atoms with van der Waals surface area (Å²) in [6.45, 7) is 3.89. The fourth-order valence-corrected chi connectivity index (χ4v) is 4.21. The standard InChI is InChI=1S/C23H24F3N5/c1-14-8-16(27)13-31(12-14)21-6-7-28-9-15(21)2-3-17-4-5-18(24)23(30-17)22-19(25)10-29-11-20(22)26/h4-7,9-11,14,16H,2-3,8,12-13,27H2,1H3/t14-,16+/m1/s1. The number of hydrogen-bond donors (Lipinski definition) is 1. The lowest BCUT2D eigenvalue weighted by molar-refractivity contribution is 0.401. The molecule has 1 fully saturated rings. The Kier molecular flexibility index (Phi) is 6.18. The van der Waals surface area contributed by atoms with Crippen molar-refractivity contribution >= 4 is 5.69 Å². The smallest absolute Gasteiger partial charge is 0.153 e. The summed E-state index contributed by atoms with van der Waals surface area (Å²) in [5.41, 5.74) is 7.99. The normalized spacial score (nSPS) is 18.9. The second kappa shape index (κ2) is 9.01. The zero-order valence-corrected chi connectivity index (χ0v) is 17.2. The molecule has 4 heterocycles. The molecule has 3 aromatic rings. The molecule has 31 heavy (non-hydrogen) atoms. The number of anilines is 1. The number of pyridine rings is 3. The van der Waals surface area contributed by atoms with E-state index in [1.807, 2.05) is 12.3 Å². The van der Waals surface area contributed by atoms with Crippen molar-refractivity contribution in [2.24, 2.45) is 11.7 Å². The van der Waals surface area contributed by atoms with E-state index in [2.05, 4.69) is 26.8 Å². The molecule has 5 nitrogen and oxygen atoms in total. The van der Waals surface area contributed by atoms with Crippen molar-refractivity contribution in [2.45, 2.75) is 32.2 Å². The lowest BCUT2D eigenvalue weighted by atomic mass is 9.95. The molecular formula is C23H24F3N5. The van der Waals surface area contributed by atoms with Crippen LogP contribution in [0.3, 0.4) is 0 Å². The van der Waals surface area contributed by atoms with Crippen LogP contribution < -0.4 is 10.6 Å². The summed E-state index contributed by atoms with van der Waals surface area (Å²) >= 11 is 0. The van der Waals surface area contributed by atoms with Crippen molar-refractivity contribution < 1.29 is 13.2 Å². The number of piperidine rings is 1. The van der Waals surface area contributed by atoms with Gasteiger partial charge >= 0.3 is 0 Å². The molecule has 0 amide bonds. The Hall–Kier alpha value is -3.00. The van der Waals surface area contributed by atoms with E-state index < -0.39 is 23.0 Å². The summed E-state index contributed by atoms with van der Waals surface area (Å²) in [6.07, 6.45) is 7.33. The number of hydrogen-bond acceptors (Lipinski definition) is 5. The second-order valence-electron chi connectivity index (χ2n) is 8.12. The summed E-state index contributed by atoms with van der Waals surface area (Å²) in [5, 5.41) is 0. The molecule has 0 saturated carbocycles. The van der Waals surface area contributed by atoms with Crippen LogP contribution in [0.1, 0.15) is 24.6 Å². The highest BCUT2D eigenvalue weighted by atomic mass is 19.1. The third kappa shape index (κ3) is 4.69. The first-order valence-electron chi connectivity index (χ1n) is 10.3. The van der Waals surface area contributed by atoms with Crippen molar-refractivity contribution in [1.82, 2.24) is 15.0 Å². The summed E-state index contributed by atoms with van der Waals surface area (Å²) in [4.78, 5) is 14.2. The largest absolute Gasteiger partial charge is 0.369 e. The SMILES string of the molecule is C[C@@H]1C[C@H](N)CN(c2ccncc2CCc2ccc(F)c(-c3c(F)cncc3F)n2)C1. The average Bonchev–Trinajstić information content (AvgIpc) is 2.73. The maximum Gasteiger partial charge on any atom is 0.153 e. The molecule has 0 unspecified atom stereocenters. The highest BCUT2D eigenvalue weighted by molar-refractivity contribution is 5.61. The van der Waals surface area contributed by atoms with Crippen LogP contribution in [0.2, 0.25) is 0 Å². The number of nitrogens with zero attached hydrogens (tertiary/aromatic N) is 4. The zero-order valence-electron chi connectivity index (χ0n) is 17.2. The lowest BCUT2D eigenvalue weighted by Gasteiger charge is -2.37. The highest BCUT2D eigenvalue weighted by Gasteiger charge is 2.24. The Morgan fingerprint density at radius 3 is 2.48 bits per heavy atom. The molecule has 3 aromatic heterocycles. The van der Waals surface area contributed by atoms with E-state index in [0.717, 1.165) is 43.2 Å². The number of aromatic nitrogens is 3. The second-order valence-corrected chi connectivity index (χ2v) is 8.12. The van der Waals surface area contributed by atoms with Crippen LogP contribution in [-0.2, 0) is 12.8 Å². The fourth-order valence-electron chi connectivity index (χ4n) is 4.21. The van der Waals surface area contributed by atoms with Gasteiger partial charge in [-0.1, -0.05) is 6.92 Å². The summed E-state index contributed by atoms with van der Waals surface area (Å²) in [7, 11) is 0. The van der Waals surface area contributed by atoms with Crippen LogP contribution >= 0.6 is 0 Å². The molecule has 0 aromatic carbocycles. The van der Waals surface area contributed by atoms with Gasteiger partial charge in [-0.25, -0.2) is 18.2 Å². The Morgan fingerprint density at radius 2 is 1.74 bits per heavy atom. The number of aryl methyl sites for hydroxylation is 2. The van der Waals surface area contributed by atoms with Crippen molar-refractivity contribution in [2.75, 3.05) is 18.0 Å². The van der Waals surface area contributed by atoms with Gasteiger partial charge in [-0.3, -0.25) is 9.97 Å². The molecule has 0 bridgehead atoms. The van der Waals surface area contributed by atoms with Crippen molar-refractivity contribution in [3.63, 3.8) is 0 Å². The van der Waals surface area contributed by atoms with E-state index in [0.29, 0.717) is 24.5 Å². The van der Waals surface area contributed by atoms with Crippen molar-refractivity contribution in [1.29, 1.82) is 0 Å². The first-order valence-corrected chi connectivity index (χ1v) is 10.3. The minimum absolute atomic E-state index is 0.122. The quantitative estimate of drug-likeness (QED) is 0.669. The van der Waals surface area contributed by atoms with Crippen LogP contribution in [0.5, 0.6) is 0 Å². The zero-order chi connectivity index (χ0) is 22.0. The van der Waals surface area contributed by atoms with Gasteiger partial charge in [0.25, 0.3) is 0 Å². The Labute approximate surface area is 179 Å². The van der Waals surface area contributed by atoms with Crippen LogP contribution in [-0.4, -0.2) is 34.1 Å². The molecule has 0 aliphatic carbocycles. The summed E-state index contributed by atoms with van der Waals surface area (Å²) < 4.78 is 42.5. The van der Waals surface area contributed by atoms with Gasteiger partial charge in [-0.05, 0) is 48.9 Å². The van der Waals surface area contributed by atoms with Gasteiger partial charge in [0.15, 0.2) is 11.6 Å². The van der Waals surface area contributed by atoms with Crippen LogP contribution in [0, 0.1) is 23.4 Å². The molecule has 0 spiro atoms. The molecule has 2 atom stereocenters. The van der Waals surface area contributed by atoms with E-state index >= 15 is 0 Å². The molecule has 1 aliphatic heterocycles. The van der Waals surface area contributed by atoms with Gasteiger partial charge in [0, 0.05) is 42.9 Å². The number of rotatable bonds is 5. The Balaban J connectivity index is 1.57. The maximum absolute atomic E-state index is 14.3. The predicted molar refractivity (Wildman–Crippen MR) is 113 cm³/mol. The van der Waals surface area contributed by atoms with E-state index in [4.69, 9.17) is 5.73 Å². The Morgan fingerprint density at radius 1 is 0.968 bits per heavy atom. The van der Waals surface area contributed by atoms with E-state index in [-0.39, 0.29) is 11.7 Å². The van der Waals surface area contributed by atoms with Gasteiger partial charge in [0.2, 0.25) is 0 Å². The summed E-state index contributed by atoms with van der Waals surface area (Å²) in [6, 6.07) is 4.82. The van der Waals surface area contributed by atoms with Crippen LogP contribution in [0.15, 0.2) is 43.0 Å². The number of nitrogens with two attached hydrogens (primary N) is 1. The summed E-state index contributed by atoms with van der Waals surface area (Å²) in [5.74, 6) is -2.19. The predicted octanol–water partition coefficient (Wildman–Crippen LogP) is 3.91. The minimum atomic E-state index is -0.950. The van der Waals surface area contributed by atoms with Gasteiger partial charge in [-0.2, -0.15) is 0 Å². The first kappa shape index (κ1) is 21.2. The van der Waals surface area contributed by atoms with Crippen molar-refractivity contribution in [3.8, 4) is 11.3 Å². The number of halogens is 3. The highest BCUT2D eigenvalue weighted by Crippen LogP contribution is 2.28. The third-order valence-corrected chi connectivity index (χ3v) is 5.55. The molecule has 162 valence electrons.